The van der Waals surface area contributed by atoms with Gasteiger partial charge in [-0.3, -0.25) is 9.69 Å². The lowest BCUT2D eigenvalue weighted by atomic mass is 9.89. The molecule has 1 N–H and O–H groups in total. The largest absolute Gasteiger partial charge is 0.497 e. The Morgan fingerprint density at radius 3 is 2.65 bits per heavy atom. The van der Waals surface area contributed by atoms with Crippen LogP contribution < -0.4 is 10.1 Å². The number of nitrogens with zero attached hydrogens (tertiary/aromatic N) is 4. The number of ether oxygens (including phenoxy) is 1. The molecule has 0 saturated carbocycles. The van der Waals surface area contributed by atoms with E-state index in [1.807, 2.05) is 16.7 Å². The van der Waals surface area contributed by atoms with Crippen LogP contribution in [0.5, 0.6) is 5.75 Å². The van der Waals surface area contributed by atoms with E-state index in [4.69, 9.17) is 4.74 Å². The first kappa shape index (κ1) is 19.7. The molecule has 1 aromatic heterocycles. The lowest BCUT2D eigenvalue weighted by molar-refractivity contribution is 0.100. The minimum Gasteiger partial charge on any atom is -0.497 e. The summed E-state index contributed by atoms with van der Waals surface area (Å²) < 4.78 is 21.1. The second-order valence-electron chi connectivity index (χ2n) is 8.24. The van der Waals surface area contributed by atoms with E-state index >= 15 is 0 Å². The van der Waals surface area contributed by atoms with E-state index in [9.17, 15) is 9.18 Å². The number of halogens is 1. The van der Waals surface area contributed by atoms with Gasteiger partial charge in [-0.2, -0.15) is 0 Å². The molecule has 2 aliphatic heterocycles. The summed E-state index contributed by atoms with van der Waals surface area (Å²) >= 11 is 0. The van der Waals surface area contributed by atoms with Gasteiger partial charge in [0.1, 0.15) is 17.4 Å². The number of methoxy groups -OCH3 is 1. The Kier molecular flexibility index (Phi) is 5.15. The third-order valence-corrected chi connectivity index (χ3v) is 6.24. The summed E-state index contributed by atoms with van der Waals surface area (Å²) in [5.41, 5.74) is 1.40. The molecule has 160 valence electrons. The first-order valence-electron chi connectivity index (χ1n) is 10.4. The van der Waals surface area contributed by atoms with Gasteiger partial charge in [-0.25, -0.2) is 4.39 Å². The summed E-state index contributed by atoms with van der Waals surface area (Å²) in [6.07, 6.45) is 0.779. The zero-order valence-corrected chi connectivity index (χ0v) is 17.3. The van der Waals surface area contributed by atoms with Gasteiger partial charge in [0.2, 0.25) is 5.82 Å². The number of carbonyl (C=O) groups is 1. The number of hydrogen-bond acceptors (Lipinski definition) is 5. The minimum absolute atomic E-state index is 0.160. The quantitative estimate of drug-likeness (QED) is 0.686. The van der Waals surface area contributed by atoms with E-state index in [-0.39, 0.29) is 11.7 Å². The van der Waals surface area contributed by atoms with Gasteiger partial charge in [-0.15, -0.1) is 10.2 Å². The number of fused-ring (bicyclic) bond motifs is 2. The number of rotatable bonds is 5. The zero-order valence-electron chi connectivity index (χ0n) is 17.3. The van der Waals surface area contributed by atoms with Crippen LogP contribution in [0.4, 0.5) is 10.1 Å². The summed E-state index contributed by atoms with van der Waals surface area (Å²) in [7, 11) is 1.60. The first-order valence-corrected chi connectivity index (χ1v) is 10.4. The van der Waals surface area contributed by atoms with Crippen molar-refractivity contribution in [2.24, 2.45) is 11.8 Å². The molecule has 1 amide bonds. The Hall–Kier alpha value is -3.26. The highest BCUT2D eigenvalue weighted by Crippen LogP contribution is 2.33. The van der Waals surface area contributed by atoms with Crippen LogP contribution in [0, 0.1) is 17.7 Å². The zero-order chi connectivity index (χ0) is 21.4. The van der Waals surface area contributed by atoms with Gasteiger partial charge in [0, 0.05) is 43.9 Å². The molecule has 2 aliphatic rings. The van der Waals surface area contributed by atoms with Gasteiger partial charge in [-0.1, -0.05) is 18.2 Å². The van der Waals surface area contributed by atoms with Gasteiger partial charge in [-0.05, 0) is 42.2 Å². The maximum atomic E-state index is 14.0. The first-order chi connectivity index (χ1) is 15.1. The molecule has 1 saturated heterocycles. The lowest BCUT2D eigenvalue weighted by Crippen LogP contribution is -2.31. The van der Waals surface area contributed by atoms with Crippen molar-refractivity contribution in [3.05, 3.63) is 71.6 Å². The van der Waals surface area contributed by atoms with E-state index in [0.29, 0.717) is 36.4 Å². The summed E-state index contributed by atoms with van der Waals surface area (Å²) in [6, 6.07) is 14.1. The molecule has 0 radical (unpaired) electrons. The Morgan fingerprint density at radius 1 is 1.10 bits per heavy atom. The normalized spacial score (nSPS) is 20.2. The molecule has 31 heavy (non-hydrogen) atoms. The van der Waals surface area contributed by atoms with Crippen LogP contribution in [0.2, 0.25) is 0 Å². The average Bonchev–Trinajstić information content (AvgIpc) is 3.37. The molecule has 3 heterocycles. The maximum absolute atomic E-state index is 14.0. The number of hydrogen-bond donors (Lipinski definition) is 1. The third kappa shape index (κ3) is 3.90. The molecule has 0 bridgehead atoms. The van der Waals surface area contributed by atoms with Crippen molar-refractivity contribution in [1.82, 2.24) is 19.7 Å². The highest BCUT2D eigenvalue weighted by atomic mass is 19.1. The summed E-state index contributed by atoms with van der Waals surface area (Å²) in [5, 5.41) is 11.3. The van der Waals surface area contributed by atoms with E-state index < -0.39 is 0 Å². The Bertz CT molecular complexity index is 1100. The molecule has 0 spiro atoms. The van der Waals surface area contributed by atoms with Crippen LogP contribution in [0.25, 0.3) is 0 Å². The highest BCUT2D eigenvalue weighted by molar-refractivity contribution is 6.01. The molecule has 5 rings (SSSR count). The molecule has 8 heteroatoms. The topological polar surface area (TPSA) is 72.3 Å². The van der Waals surface area contributed by atoms with Crippen molar-refractivity contribution in [2.45, 2.75) is 19.5 Å². The standard InChI is InChI=1S/C23H24FN5O2/c1-31-19-8-6-18(7-9-19)25-23(30)22-27-26-21-10-16-12-28(13-17(16)14-29(21)22)11-15-4-2-3-5-20(15)24/h2-9,16-17H,10-14H2,1H3,(H,25,30)/t16-,17+/m0/s1. The Morgan fingerprint density at radius 2 is 1.87 bits per heavy atom. The average molecular weight is 421 g/mol. The second kappa shape index (κ2) is 8.11. The lowest BCUT2D eigenvalue weighted by Gasteiger charge is -2.25. The van der Waals surface area contributed by atoms with Crippen LogP contribution in [-0.2, 0) is 19.5 Å². The minimum atomic E-state index is -0.274. The number of amides is 1. The van der Waals surface area contributed by atoms with Crippen LogP contribution in [0.3, 0.4) is 0 Å². The van der Waals surface area contributed by atoms with Crippen LogP contribution in [0.1, 0.15) is 22.0 Å². The molecule has 1 fully saturated rings. The van der Waals surface area contributed by atoms with Crippen molar-refractivity contribution in [1.29, 1.82) is 0 Å². The number of benzene rings is 2. The number of aromatic nitrogens is 3. The van der Waals surface area contributed by atoms with Crippen LogP contribution in [-0.4, -0.2) is 45.8 Å². The van der Waals surface area contributed by atoms with Gasteiger partial charge in [0.05, 0.1) is 7.11 Å². The number of anilines is 1. The molecule has 7 nitrogen and oxygen atoms in total. The highest BCUT2D eigenvalue weighted by Gasteiger charge is 2.39. The predicted molar refractivity (Wildman–Crippen MR) is 113 cm³/mol. The molecule has 0 unspecified atom stereocenters. The molecule has 0 aliphatic carbocycles. The Balaban J connectivity index is 1.27. The SMILES string of the molecule is COc1ccc(NC(=O)c2nnc3n2C[C@H]2CN(Cc4ccccc4F)C[C@@H]2C3)cc1. The number of nitrogens with one attached hydrogen (secondary N) is 1. The molecular weight excluding hydrogens is 397 g/mol. The third-order valence-electron chi connectivity index (χ3n) is 6.24. The number of likely N-dealkylation sites (tertiary alicyclic amines) is 1. The van der Waals surface area contributed by atoms with Crippen molar-refractivity contribution in [3.8, 4) is 5.75 Å². The molecule has 2 atom stereocenters. The maximum Gasteiger partial charge on any atom is 0.293 e. The number of carbonyl (C=O) groups excluding carboxylic acids is 1. The Labute approximate surface area is 179 Å². The molecular formula is C23H24FN5O2. The van der Waals surface area contributed by atoms with Crippen LogP contribution in [0.15, 0.2) is 48.5 Å². The molecule has 3 aromatic rings. The molecule has 2 aromatic carbocycles. The van der Waals surface area contributed by atoms with Gasteiger partial charge in [0.25, 0.3) is 5.91 Å². The fourth-order valence-electron chi connectivity index (χ4n) is 4.65. The smallest absolute Gasteiger partial charge is 0.293 e. The van der Waals surface area contributed by atoms with Crippen molar-refractivity contribution < 1.29 is 13.9 Å². The van der Waals surface area contributed by atoms with E-state index in [0.717, 1.165) is 36.6 Å². The fraction of sp³-hybridized carbons (Fsp3) is 0.348. The summed E-state index contributed by atoms with van der Waals surface area (Å²) in [6.45, 7) is 3.08. The summed E-state index contributed by atoms with van der Waals surface area (Å²) in [5.74, 6) is 2.30. The van der Waals surface area contributed by atoms with Crippen molar-refractivity contribution >= 4 is 11.6 Å². The van der Waals surface area contributed by atoms with Crippen molar-refractivity contribution in [3.63, 3.8) is 0 Å². The van der Waals surface area contributed by atoms with E-state index in [1.54, 1.807) is 37.4 Å². The van der Waals surface area contributed by atoms with Gasteiger partial charge < -0.3 is 14.6 Å². The van der Waals surface area contributed by atoms with Gasteiger partial charge >= 0.3 is 0 Å². The van der Waals surface area contributed by atoms with Gasteiger partial charge in [0.15, 0.2) is 0 Å². The fourth-order valence-corrected chi connectivity index (χ4v) is 4.65. The van der Waals surface area contributed by atoms with Crippen LogP contribution >= 0.6 is 0 Å². The summed E-state index contributed by atoms with van der Waals surface area (Å²) in [4.78, 5) is 15.1. The van der Waals surface area contributed by atoms with E-state index in [2.05, 4.69) is 20.4 Å². The van der Waals surface area contributed by atoms with Crippen molar-refractivity contribution in [2.75, 3.05) is 25.5 Å². The predicted octanol–water partition coefficient (Wildman–Crippen LogP) is 2.98. The second-order valence-corrected chi connectivity index (χ2v) is 8.24. The monoisotopic (exact) mass is 421 g/mol. The van der Waals surface area contributed by atoms with E-state index in [1.165, 1.54) is 6.07 Å².